The standard InChI is InChI=1S/C56H73N9O20P2S2/c1-10-65-40-29-41-37(28-36(40)33(2)30-55(65,6)7)34(26-44(82-41)54(3,4)5)16-12-11-13-17-43-56(8,38-27-35(89(78,79)80)19-20-39(38)63(43)24-15-25-88(75,76)77)21-14-18-45(66)58-22-23-59-53(69)84-48-42(31-81-87(73,74)85-86(70,71)72)83-51(47(48)67)64-32-62(9)46-49(64)60-52(57)61-50(46)68/h11-13,16-17,19-20,26-30,32,42,47-48,51,67H,10,14-15,18,21-25,31H2,1-9H3,(H8-2,57,58,59,60,61,66,68,69,70,71,72,73,74,75,76,77,78,79,80)/p+2/t42-,47-,48-,51-,56?/m1/s1. The maximum Gasteiger partial charge on any atom is 0.481 e. The number of nitrogens with zero attached hydrogens (tertiary/aromatic N) is 5. The summed E-state index contributed by atoms with van der Waals surface area (Å²) in [5, 5.41) is 16.6. The molecule has 2 amide bonds. The molecule has 11 N–H and O–H groups in total. The van der Waals surface area contributed by atoms with Crippen molar-refractivity contribution in [2.75, 3.05) is 49.2 Å². The van der Waals surface area contributed by atoms with E-state index in [0.29, 0.717) is 17.0 Å². The van der Waals surface area contributed by atoms with E-state index in [1.165, 1.54) is 36.1 Å². The summed E-state index contributed by atoms with van der Waals surface area (Å²) in [6.45, 7) is 16.0. The van der Waals surface area contributed by atoms with E-state index in [1.807, 2.05) is 35.8 Å². The Labute approximate surface area is 513 Å². The molecule has 2 unspecified atom stereocenters. The third-order valence-electron chi connectivity index (χ3n) is 15.5. The van der Waals surface area contributed by atoms with Crippen LogP contribution in [0.15, 0.2) is 94.6 Å². The monoisotopic (exact) mass is 1320 g/mol. The highest BCUT2D eigenvalue weighted by molar-refractivity contribution is 7.86. The lowest BCUT2D eigenvalue weighted by Crippen LogP contribution is -2.47. The van der Waals surface area contributed by atoms with Gasteiger partial charge in [-0.1, -0.05) is 56.1 Å². The third kappa shape index (κ3) is 15.7. The number of phosphoric ester groups is 1. The molecule has 4 aromatic rings. The van der Waals surface area contributed by atoms with Crippen molar-refractivity contribution in [2.45, 2.75) is 121 Å². The lowest BCUT2D eigenvalue weighted by atomic mass is 9.75. The van der Waals surface area contributed by atoms with Crippen LogP contribution >= 0.6 is 15.6 Å². The first-order valence-corrected chi connectivity index (χ1v) is 34.3. The van der Waals surface area contributed by atoms with Crippen molar-refractivity contribution in [2.24, 2.45) is 12.5 Å². The summed E-state index contributed by atoms with van der Waals surface area (Å²) in [5.41, 5.74) is 9.99. The number of carbonyl (C=O) groups is 2. The van der Waals surface area contributed by atoms with Gasteiger partial charge in [-0.15, -0.1) is 0 Å². The molecule has 29 nitrogen and oxygen atoms in total. The molecular weight excluding hydrogens is 1240 g/mol. The Balaban J connectivity index is 0.980. The largest absolute Gasteiger partial charge is 0.481 e. The van der Waals surface area contributed by atoms with Crippen LogP contribution in [0.2, 0.25) is 0 Å². The zero-order valence-corrected chi connectivity index (χ0v) is 53.7. The molecule has 33 heteroatoms. The highest BCUT2D eigenvalue weighted by Gasteiger charge is 2.52. The Hall–Kier alpha value is -6.70. The Kier molecular flexibility index (Phi) is 19.8. The molecule has 0 aliphatic carbocycles. The first kappa shape index (κ1) is 68.2. The smallest absolute Gasteiger partial charge is 0.460 e. The second-order valence-electron chi connectivity index (χ2n) is 23.6. The number of hydrogen-bond acceptors (Lipinski definition) is 18. The molecule has 2 aromatic heterocycles. The van der Waals surface area contributed by atoms with Gasteiger partial charge in [0.2, 0.25) is 23.3 Å². The average molecular weight is 1320 g/mol. The lowest BCUT2D eigenvalue weighted by molar-refractivity contribution is -0.745. The minimum absolute atomic E-state index is 0.0224. The van der Waals surface area contributed by atoms with E-state index >= 15 is 0 Å². The number of rotatable bonds is 23. The van der Waals surface area contributed by atoms with Crippen molar-refractivity contribution in [1.82, 2.24) is 25.2 Å². The minimum Gasteiger partial charge on any atom is -0.460 e. The predicted octanol–water partition coefficient (Wildman–Crippen LogP) is 5.12. The number of carbonyl (C=O) groups excluding carboxylic acids is 2. The number of benzene rings is 2. The van der Waals surface area contributed by atoms with Gasteiger partial charge in [0.25, 0.3) is 31.7 Å². The summed E-state index contributed by atoms with van der Waals surface area (Å²) in [4.78, 5) is 76.0. The fraction of sp³-hybridized carbons (Fsp3) is 0.464. The number of alkyl carbamates (subject to hydrolysis) is 1. The number of likely N-dealkylation sites (N-methyl/N-ethyl adjacent to an activating group) is 1. The molecule has 6 heterocycles. The molecule has 6 atom stereocenters. The lowest BCUT2D eigenvalue weighted by Gasteiger charge is -2.43. The number of aromatic nitrogens is 4. The Morgan fingerprint density at radius 3 is 2.37 bits per heavy atom. The number of anilines is 2. The van der Waals surface area contributed by atoms with Crippen LogP contribution in [-0.2, 0) is 64.9 Å². The van der Waals surface area contributed by atoms with Gasteiger partial charge in [-0.3, -0.25) is 32.8 Å². The van der Waals surface area contributed by atoms with Gasteiger partial charge in [-0.25, -0.2) is 18.5 Å². The zero-order chi connectivity index (χ0) is 65.6. The highest BCUT2D eigenvalue weighted by atomic mass is 32.2. The number of nitrogen functional groups attached to an aromatic ring is 1. The summed E-state index contributed by atoms with van der Waals surface area (Å²) in [6, 6.07) is 8.32. The number of imidazole rings is 1. The van der Waals surface area contributed by atoms with Gasteiger partial charge < -0.3 is 55.3 Å². The maximum atomic E-state index is 13.4. The number of H-pyrrole nitrogens is 1. The van der Waals surface area contributed by atoms with E-state index in [0.717, 1.165) is 50.6 Å². The second kappa shape index (κ2) is 25.9. The normalized spacial score (nSPS) is 22.2. The molecular formula is C56H75N9O20P2S2+2. The first-order chi connectivity index (χ1) is 41.3. The second-order valence-corrected chi connectivity index (χ2v) is 29.5. The molecule has 89 heavy (non-hydrogen) atoms. The van der Waals surface area contributed by atoms with Gasteiger partial charge in [0.15, 0.2) is 24.2 Å². The van der Waals surface area contributed by atoms with E-state index in [1.54, 1.807) is 12.2 Å². The van der Waals surface area contributed by atoms with Crippen molar-refractivity contribution in [3.8, 4) is 5.75 Å². The predicted molar refractivity (Wildman–Crippen MR) is 326 cm³/mol. The van der Waals surface area contributed by atoms with E-state index in [-0.39, 0.29) is 73.4 Å². The van der Waals surface area contributed by atoms with Crippen LogP contribution in [0.25, 0.3) is 22.3 Å². The van der Waals surface area contributed by atoms with Crippen molar-refractivity contribution in [1.29, 1.82) is 0 Å². The van der Waals surface area contributed by atoms with Gasteiger partial charge in [0.1, 0.15) is 24.2 Å². The van der Waals surface area contributed by atoms with E-state index in [9.17, 15) is 59.5 Å². The molecule has 4 aliphatic heterocycles. The number of ether oxygens (including phenoxy) is 3. The van der Waals surface area contributed by atoms with Crippen LogP contribution in [0.1, 0.15) is 104 Å². The molecule has 0 spiro atoms. The summed E-state index contributed by atoms with van der Waals surface area (Å²) in [5.74, 6) is 0.125. The van der Waals surface area contributed by atoms with E-state index in [2.05, 4.69) is 96.5 Å². The number of aryl methyl sites for hydroxylation is 1. The molecule has 484 valence electrons. The molecule has 0 saturated carbocycles. The maximum absolute atomic E-state index is 13.4. The Bertz CT molecular complexity index is 4070. The summed E-state index contributed by atoms with van der Waals surface area (Å²) < 4.78 is 124. The Morgan fingerprint density at radius 1 is 1.00 bits per heavy atom. The van der Waals surface area contributed by atoms with Gasteiger partial charge >= 0.3 is 27.4 Å². The number of aliphatic hydroxyl groups excluding tert-OH is 1. The Morgan fingerprint density at radius 2 is 1.71 bits per heavy atom. The molecule has 8 rings (SSSR count). The van der Waals surface area contributed by atoms with Crippen LogP contribution in [0.4, 0.5) is 22.1 Å². The number of allylic oxidation sites excluding steroid dienone is 9. The van der Waals surface area contributed by atoms with Gasteiger partial charge in [-0.05, 0) is 82.9 Å². The van der Waals surface area contributed by atoms with Crippen LogP contribution in [0, 0.1) is 5.41 Å². The van der Waals surface area contributed by atoms with Crippen molar-refractivity contribution in [3.63, 3.8) is 0 Å². The number of phosphoric acid groups is 2. The number of amides is 2. The van der Waals surface area contributed by atoms with E-state index < -0.39 is 101 Å². The number of nitrogens with two attached hydrogens (primary N) is 1. The fourth-order valence-electron chi connectivity index (χ4n) is 11.6. The molecule has 0 bridgehead atoms. The number of aromatic amines is 1. The number of aliphatic hydroxyl groups is 1. The zero-order valence-electron chi connectivity index (χ0n) is 50.3. The quantitative estimate of drug-likeness (QED) is 0.0151. The van der Waals surface area contributed by atoms with Crippen LogP contribution in [0.3, 0.4) is 0 Å². The topological polar surface area (TPSA) is 415 Å². The molecule has 2 aromatic carbocycles. The molecule has 1 fully saturated rings. The van der Waals surface area contributed by atoms with Gasteiger partial charge in [-0.2, -0.15) is 25.7 Å². The van der Waals surface area contributed by atoms with Crippen LogP contribution < -0.4 is 36.1 Å². The summed E-state index contributed by atoms with van der Waals surface area (Å²) in [7, 11) is -18.7. The molecule has 0 radical (unpaired) electrons. The van der Waals surface area contributed by atoms with E-state index in [4.69, 9.17) is 34.3 Å². The number of fused-ring (bicyclic) bond motifs is 4. The summed E-state index contributed by atoms with van der Waals surface area (Å²) in [6.07, 6.45) is 7.09. The fourth-order valence-corrected chi connectivity index (χ4v) is 14.2. The van der Waals surface area contributed by atoms with Crippen molar-refractivity contribution in [3.05, 3.63) is 112 Å². The summed E-state index contributed by atoms with van der Waals surface area (Å²) >= 11 is 0. The van der Waals surface area contributed by atoms with Crippen molar-refractivity contribution < 1.29 is 96.6 Å². The molecule has 1 saturated heterocycles. The number of hydrogen-bond donors (Lipinski definition) is 10. The number of nitrogens with one attached hydrogen (secondary N) is 3. The van der Waals surface area contributed by atoms with Crippen LogP contribution in [-0.4, -0.2) is 145 Å². The van der Waals surface area contributed by atoms with Gasteiger partial charge in [0.05, 0.1) is 35.3 Å². The third-order valence-corrected chi connectivity index (χ3v) is 19.3. The highest BCUT2D eigenvalue weighted by Crippen LogP contribution is 2.58. The van der Waals surface area contributed by atoms with Crippen molar-refractivity contribution >= 4 is 93.2 Å². The SMILES string of the molecule is CCN1c2cc3c(cc2C(C)=CC1(C)C)C(=CC=CC=CC1=[N+](CCCS(=O)(=O)O)c2ccc(S(=O)(=O)O)cc2C1(C)CCCC(=O)NCCNC(=O)O[C@H]1[C@@H](O)[C@H]([n+]2cn(C)c4c(=O)[nH]c(N)nc42)O[C@@H]1COP(=O)(O)OP(=O)(O)O)C=C(C(C)(C)C)O3. The molecule has 4 aliphatic rings. The average Bonchev–Trinajstić information content (AvgIpc) is 1.75. The minimum atomic E-state index is -5.56. The van der Waals surface area contributed by atoms with Crippen LogP contribution in [0.5, 0.6) is 5.75 Å². The first-order valence-electron chi connectivity index (χ1n) is 28.2. The van der Waals surface area contributed by atoms with Gasteiger partial charge in [0, 0.05) is 78.5 Å².